The molecule has 0 N–H and O–H groups in total. The summed E-state index contributed by atoms with van der Waals surface area (Å²) in [7, 11) is -2.61. The highest BCUT2D eigenvalue weighted by molar-refractivity contribution is 6.62. The van der Waals surface area contributed by atoms with Crippen LogP contribution in [0.4, 0.5) is 0 Å². The molecule has 2 fully saturated rings. The SMILES string of the molecule is CC(C)O[Si](OC(C)C)(OC(C)C)C1CC2CCC1C2. The van der Waals surface area contributed by atoms with Crippen molar-refractivity contribution in [3.8, 4) is 0 Å². The summed E-state index contributed by atoms with van der Waals surface area (Å²) < 4.78 is 19.2. The highest BCUT2D eigenvalue weighted by atomic mass is 28.4. The fraction of sp³-hybridized carbons (Fsp3) is 1.00. The summed E-state index contributed by atoms with van der Waals surface area (Å²) in [5.41, 5.74) is 0.522. The first-order valence-corrected chi connectivity index (χ1v) is 10.2. The maximum Gasteiger partial charge on any atom is 0.505 e. The van der Waals surface area contributed by atoms with E-state index in [0.717, 1.165) is 11.8 Å². The van der Waals surface area contributed by atoms with E-state index in [0.29, 0.717) is 5.54 Å². The maximum absolute atomic E-state index is 6.39. The van der Waals surface area contributed by atoms with Gasteiger partial charge in [-0.15, -0.1) is 0 Å². The van der Waals surface area contributed by atoms with Crippen LogP contribution in [0.25, 0.3) is 0 Å². The zero-order chi connectivity index (χ0) is 14.9. The molecule has 2 aliphatic carbocycles. The van der Waals surface area contributed by atoms with Crippen LogP contribution in [0.15, 0.2) is 0 Å². The molecule has 0 amide bonds. The molecule has 0 radical (unpaired) electrons. The van der Waals surface area contributed by atoms with Crippen LogP contribution in [0.3, 0.4) is 0 Å². The van der Waals surface area contributed by atoms with Gasteiger partial charge in [0.25, 0.3) is 0 Å². The molecule has 2 rings (SSSR count). The Bertz CT molecular complexity index is 290. The molecule has 0 spiro atoms. The molecule has 0 heterocycles. The van der Waals surface area contributed by atoms with E-state index in [1.54, 1.807) is 0 Å². The summed E-state index contributed by atoms with van der Waals surface area (Å²) >= 11 is 0. The predicted molar refractivity (Wildman–Crippen MR) is 83.6 cm³/mol. The Labute approximate surface area is 125 Å². The molecule has 0 aliphatic heterocycles. The standard InChI is InChI=1S/C16H32O3Si/c1-11(2)17-20(18-12(3)4,19-13(5)6)16-10-14-7-8-15(16)9-14/h11-16H,7-10H2,1-6H3. The van der Waals surface area contributed by atoms with Crippen molar-refractivity contribution in [3.63, 3.8) is 0 Å². The Balaban J connectivity index is 2.23. The third-order valence-corrected chi connectivity index (χ3v) is 8.41. The first-order chi connectivity index (χ1) is 9.32. The normalized spacial score (nSPS) is 30.1. The maximum atomic E-state index is 6.39. The monoisotopic (exact) mass is 300 g/mol. The van der Waals surface area contributed by atoms with E-state index in [4.69, 9.17) is 13.3 Å². The zero-order valence-corrected chi connectivity index (χ0v) is 15.0. The lowest BCUT2D eigenvalue weighted by atomic mass is 10.0. The van der Waals surface area contributed by atoms with Crippen LogP contribution >= 0.6 is 0 Å². The van der Waals surface area contributed by atoms with Crippen LogP contribution in [0.2, 0.25) is 5.54 Å². The van der Waals surface area contributed by atoms with Crippen molar-refractivity contribution < 1.29 is 13.3 Å². The molecule has 20 heavy (non-hydrogen) atoms. The lowest BCUT2D eigenvalue weighted by Gasteiger charge is -2.41. The third kappa shape index (κ3) is 3.64. The summed E-state index contributed by atoms with van der Waals surface area (Å²) in [6, 6.07) is 0. The Morgan fingerprint density at radius 1 is 0.750 bits per heavy atom. The van der Waals surface area contributed by atoms with Crippen molar-refractivity contribution in [2.24, 2.45) is 11.8 Å². The van der Waals surface area contributed by atoms with Gasteiger partial charge < -0.3 is 13.3 Å². The van der Waals surface area contributed by atoms with E-state index in [9.17, 15) is 0 Å². The van der Waals surface area contributed by atoms with E-state index in [-0.39, 0.29) is 18.3 Å². The van der Waals surface area contributed by atoms with Gasteiger partial charge >= 0.3 is 8.80 Å². The third-order valence-electron chi connectivity index (χ3n) is 4.39. The molecule has 0 saturated heterocycles. The molecule has 2 saturated carbocycles. The van der Waals surface area contributed by atoms with Gasteiger partial charge in [0.15, 0.2) is 0 Å². The second-order valence-corrected chi connectivity index (χ2v) is 10.0. The van der Waals surface area contributed by atoms with Gasteiger partial charge in [0.2, 0.25) is 0 Å². The first kappa shape index (κ1) is 16.5. The van der Waals surface area contributed by atoms with Crippen LogP contribution in [0.5, 0.6) is 0 Å². The molecule has 0 aromatic rings. The molecule has 3 nitrogen and oxygen atoms in total. The molecule has 2 bridgehead atoms. The number of fused-ring (bicyclic) bond motifs is 2. The van der Waals surface area contributed by atoms with E-state index < -0.39 is 8.80 Å². The largest absolute Gasteiger partial charge is 0.505 e. The van der Waals surface area contributed by atoms with E-state index in [1.807, 2.05) is 0 Å². The topological polar surface area (TPSA) is 27.7 Å². The summed E-state index contributed by atoms with van der Waals surface area (Å²) in [6.07, 6.45) is 5.85. The number of hydrogen-bond donors (Lipinski definition) is 0. The molecule has 4 heteroatoms. The molecule has 2 aliphatic rings. The highest BCUT2D eigenvalue weighted by Crippen LogP contribution is 2.56. The van der Waals surface area contributed by atoms with Crippen LogP contribution in [-0.4, -0.2) is 27.1 Å². The Hall–Kier alpha value is 0.0969. The number of hydrogen-bond acceptors (Lipinski definition) is 3. The fourth-order valence-electron chi connectivity index (χ4n) is 4.01. The van der Waals surface area contributed by atoms with Crippen molar-refractivity contribution >= 4 is 8.80 Å². The van der Waals surface area contributed by atoms with Crippen LogP contribution in [-0.2, 0) is 13.3 Å². The van der Waals surface area contributed by atoms with Crippen molar-refractivity contribution in [2.45, 2.75) is 91.1 Å². The summed E-state index contributed by atoms with van der Waals surface area (Å²) in [5, 5.41) is 0. The summed E-state index contributed by atoms with van der Waals surface area (Å²) in [4.78, 5) is 0. The Morgan fingerprint density at radius 2 is 1.25 bits per heavy atom. The average Bonchev–Trinajstić information content (AvgIpc) is 2.87. The molecule has 3 atom stereocenters. The van der Waals surface area contributed by atoms with Gasteiger partial charge in [0.1, 0.15) is 0 Å². The minimum absolute atomic E-state index is 0.165. The van der Waals surface area contributed by atoms with Gasteiger partial charge in [-0.3, -0.25) is 0 Å². The van der Waals surface area contributed by atoms with Gasteiger partial charge in [-0.2, -0.15) is 0 Å². The summed E-state index contributed by atoms with van der Waals surface area (Å²) in [5.74, 6) is 1.65. The molecular weight excluding hydrogens is 268 g/mol. The van der Waals surface area contributed by atoms with Crippen LogP contribution in [0.1, 0.15) is 67.2 Å². The van der Waals surface area contributed by atoms with Crippen molar-refractivity contribution in [2.75, 3.05) is 0 Å². The minimum atomic E-state index is -2.61. The molecule has 0 aromatic heterocycles. The molecular formula is C16H32O3Si. The van der Waals surface area contributed by atoms with Gasteiger partial charge in [-0.1, -0.05) is 6.42 Å². The van der Waals surface area contributed by atoms with Crippen molar-refractivity contribution in [3.05, 3.63) is 0 Å². The van der Waals surface area contributed by atoms with Crippen molar-refractivity contribution in [1.82, 2.24) is 0 Å². The van der Waals surface area contributed by atoms with E-state index >= 15 is 0 Å². The van der Waals surface area contributed by atoms with E-state index in [2.05, 4.69) is 41.5 Å². The second kappa shape index (κ2) is 6.47. The Morgan fingerprint density at radius 3 is 1.55 bits per heavy atom. The molecule has 0 aromatic carbocycles. The lowest BCUT2D eigenvalue weighted by Crippen LogP contribution is -2.55. The first-order valence-electron chi connectivity index (χ1n) is 8.36. The fourth-order valence-corrected chi connectivity index (χ4v) is 8.17. The average molecular weight is 301 g/mol. The lowest BCUT2D eigenvalue weighted by molar-refractivity contribution is -0.00967. The molecule has 118 valence electrons. The van der Waals surface area contributed by atoms with Crippen LogP contribution < -0.4 is 0 Å². The number of rotatable bonds is 7. The smallest absolute Gasteiger partial charge is 0.371 e. The predicted octanol–water partition coefficient (Wildman–Crippen LogP) is 4.39. The zero-order valence-electron chi connectivity index (χ0n) is 14.0. The van der Waals surface area contributed by atoms with E-state index in [1.165, 1.54) is 25.7 Å². The van der Waals surface area contributed by atoms with Crippen molar-refractivity contribution in [1.29, 1.82) is 0 Å². The van der Waals surface area contributed by atoms with Gasteiger partial charge in [0.05, 0.1) is 0 Å². The second-order valence-electron chi connectivity index (χ2n) is 7.38. The van der Waals surface area contributed by atoms with Crippen LogP contribution in [0, 0.1) is 11.8 Å². The van der Waals surface area contributed by atoms with Gasteiger partial charge in [-0.05, 0) is 72.6 Å². The van der Waals surface area contributed by atoms with Gasteiger partial charge in [-0.25, -0.2) is 0 Å². The summed E-state index contributed by atoms with van der Waals surface area (Å²) in [6.45, 7) is 12.6. The quantitative estimate of drug-likeness (QED) is 0.653. The molecule has 3 unspecified atom stereocenters. The highest BCUT2D eigenvalue weighted by Gasteiger charge is 2.59. The Kier molecular flexibility index (Phi) is 5.33. The minimum Gasteiger partial charge on any atom is -0.371 e. The van der Waals surface area contributed by atoms with Gasteiger partial charge in [0, 0.05) is 23.9 Å².